The van der Waals surface area contributed by atoms with Gasteiger partial charge < -0.3 is 19.2 Å². The molecule has 3 aromatic rings. The molecule has 0 spiro atoms. The van der Waals surface area contributed by atoms with Gasteiger partial charge in [0, 0.05) is 6.07 Å². The number of rotatable bonds is 8. The number of hydrogen-bond acceptors (Lipinski definition) is 8. The Bertz CT molecular complexity index is 1220. The molecule has 1 aromatic carbocycles. The van der Waals surface area contributed by atoms with E-state index in [4.69, 9.17) is 13.9 Å². The van der Waals surface area contributed by atoms with E-state index in [1.807, 2.05) is 6.92 Å². The minimum Gasteiger partial charge on any atom is -0.474 e. The molecule has 1 aliphatic carbocycles. The lowest BCUT2D eigenvalue weighted by molar-refractivity contribution is -0.157. The Balaban J connectivity index is 1.28. The largest absolute Gasteiger partial charge is 0.474 e. The number of carbonyl (C=O) groups excluding carboxylic acids is 2. The van der Waals surface area contributed by atoms with E-state index in [1.165, 1.54) is 12.3 Å². The molecule has 2 heterocycles. The van der Waals surface area contributed by atoms with Crippen LogP contribution < -0.4 is 10.1 Å². The first-order valence-corrected chi connectivity index (χ1v) is 11.6. The number of ether oxygens (including phenoxy) is 2. The number of pyridine rings is 1. The van der Waals surface area contributed by atoms with Gasteiger partial charge in [-0.3, -0.25) is 9.59 Å². The Hall–Kier alpha value is -3.89. The minimum atomic E-state index is -0.983. The summed E-state index contributed by atoms with van der Waals surface area (Å²) in [5, 5.41) is 10.1. The Morgan fingerprint density at radius 2 is 1.92 bits per heavy atom. The number of nitrogens with one attached hydrogen (secondary N) is 1. The summed E-state index contributed by atoms with van der Waals surface area (Å²) in [6.07, 6.45) is 4.19. The van der Waals surface area contributed by atoms with Gasteiger partial charge in [0.05, 0.1) is 30.3 Å². The summed E-state index contributed by atoms with van der Waals surface area (Å²) in [4.78, 5) is 28.8. The van der Waals surface area contributed by atoms with Crippen molar-refractivity contribution in [3.8, 4) is 5.88 Å². The van der Waals surface area contributed by atoms with Crippen LogP contribution in [0.4, 0.5) is 14.5 Å². The molecule has 1 fully saturated rings. The van der Waals surface area contributed by atoms with Gasteiger partial charge in [-0.2, -0.15) is 0 Å². The van der Waals surface area contributed by atoms with Crippen molar-refractivity contribution in [3.05, 3.63) is 65.5 Å². The molecule has 1 N–H and O–H groups in total. The summed E-state index contributed by atoms with van der Waals surface area (Å²) in [6.45, 7) is 4.09. The highest BCUT2D eigenvalue weighted by Gasteiger charge is 2.39. The first-order chi connectivity index (χ1) is 17.3. The monoisotopic (exact) mass is 500 g/mol. The summed E-state index contributed by atoms with van der Waals surface area (Å²) in [6, 6.07) is 6.69. The molecule has 0 atom stereocenters. The summed E-state index contributed by atoms with van der Waals surface area (Å²) >= 11 is 0. The SMILES string of the molecule is CCOC(=O)C1(C)CCC(Oc2ccc(NC(=O)c3nnc(Cc4ccc(F)c(F)c4)o3)cn2)CC1. The smallest absolute Gasteiger partial charge is 0.313 e. The summed E-state index contributed by atoms with van der Waals surface area (Å²) in [7, 11) is 0. The van der Waals surface area contributed by atoms with Crippen LogP contribution >= 0.6 is 0 Å². The van der Waals surface area contributed by atoms with Crippen LogP contribution in [0.1, 0.15) is 61.7 Å². The van der Waals surface area contributed by atoms with Gasteiger partial charge in [0.2, 0.25) is 11.8 Å². The first-order valence-electron chi connectivity index (χ1n) is 11.6. The summed E-state index contributed by atoms with van der Waals surface area (Å²) < 4.78 is 42.9. The maximum Gasteiger partial charge on any atom is 0.313 e. The van der Waals surface area contributed by atoms with E-state index < -0.39 is 23.0 Å². The summed E-state index contributed by atoms with van der Waals surface area (Å²) in [5.41, 5.74) is 0.334. The lowest BCUT2D eigenvalue weighted by Crippen LogP contribution is -2.37. The highest BCUT2D eigenvalue weighted by molar-refractivity contribution is 6.00. The highest BCUT2D eigenvalue weighted by atomic mass is 19.2. The summed E-state index contributed by atoms with van der Waals surface area (Å²) in [5.74, 6) is -2.53. The molecule has 2 aromatic heterocycles. The lowest BCUT2D eigenvalue weighted by atomic mass is 9.75. The van der Waals surface area contributed by atoms with E-state index in [0.717, 1.165) is 12.1 Å². The molecular weight excluding hydrogens is 474 g/mol. The number of carbonyl (C=O) groups is 2. The molecule has 36 heavy (non-hydrogen) atoms. The van der Waals surface area contributed by atoms with Crippen LogP contribution in [0.2, 0.25) is 0 Å². The number of esters is 1. The molecule has 1 amide bonds. The maximum atomic E-state index is 13.4. The Morgan fingerprint density at radius 3 is 2.58 bits per heavy atom. The van der Waals surface area contributed by atoms with Crippen molar-refractivity contribution in [3.63, 3.8) is 0 Å². The van der Waals surface area contributed by atoms with Gasteiger partial charge in [0.1, 0.15) is 6.10 Å². The zero-order valence-electron chi connectivity index (χ0n) is 19.9. The van der Waals surface area contributed by atoms with Gasteiger partial charge in [0.15, 0.2) is 11.6 Å². The quantitative estimate of drug-likeness (QED) is 0.450. The van der Waals surface area contributed by atoms with E-state index in [9.17, 15) is 18.4 Å². The van der Waals surface area contributed by atoms with E-state index in [2.05, 4.69) is 20.5 Å². The number of halogens is 2. The molecule has 190 valence electrons. The van der Waals surface area contributed by atoms with Crippen LogP contribution in [-0.2, 0) is 16.0 Å². The van der Waals surface area contributed by atoms with Gasteiger partial charge in [-0.1, -0.05) is 6.07 Å². The van der Waals surface area contributed by atoms with Gasteiger partial charge in [-0.15, -0.1) is 10.2 Å². The second-order valence-electron chi connectivity index (χ2n) is 8.86. The van der Waals surface area contributed by atoms with E-state index in [0.29, 0.717) is 49.4 Å². The predicted octanol–water partition coefficient (Wildman–Crippen LogP) is 4.48. The second kappa shape index (κ2) is 10.8. The molecule has 0 unspecified atom stereocenters. The van der Waals surface area contributed by atoms with Crippen LogP contribution in [-0.4, -0.2) is 39.8 Å². The number of nitrogens with zero attached hydrogens (tertiary/aromatic N) is 3. The molecule has 0 bridgehead atoms. The zero-order chi connectivity index (χ0) is 25.7. The zero-order valence-corrected chi connectivity index (χ0v) is 19.9. The van der Waals surface area contributed by atoms with Crippen molar-refractivity contribution in [2.45, 2.75) is 52.1 Å². The Morgan fingerprint density at radius 1 is 1.14 bits per heavy atom. The molecule has 0 aliphatic heterocycles. The third kappa shape index (κ3) is 6.02. The number of hydrogen-bond donors (Lipinski definition) is 1. The van der Waals surface area contributed by atoms with E-state index in [-0.39, 0.29) is 30.3 Å². The normalized spacial score (nSPS) is 19.5. The van der Waals surface area contributed by atoms with Crippen LogP contribution in [0.25, 0.3) is 0 Å². The van der Waals surface area contributed by atoms with Crippen molar-refractivity contribution in [1.82, 2.24) is 15.2 Å². The average molecular weight is 501 g/mol. The van der Waals surface area contributed by atoms with Crippen LogP contribution in [0.15, 0.2) is 40.9 Å². The van der Waals surface area contributed by atoms with Gasteiger partial charge >= 0.3 is 17.8 Å². The molecule has 11 heteroatoms. The fourth-order valence-corrected chi connectivity index (χ4v) is 3.98. The molecule has 0 radical (unpaired) electrons. The highest BCUT2D eigenvalue weighted by Crippen LogP contribution is 2.38. The standard InChI is InChI=1S/C25H26F2N4O5/c1-3-34-24(33)25(2)10-8-17(9-11-25)35-20-7-5-16(14-28-20)29-22(32)23-31-30-21(36-23)13-15-4-6-18(26)19(27)12-15/h4-7,12,14,17H,3,8-11,13H2,1-2H3,(H,29,32). The average Bonchev–Trinajstić information content (AvgIpc) is 3.33. The fraction of sp³-hybridized carbons (Fsp3) is 0.400. The molecular formula is C25H26F2N4O5. The maximum absolute atomic E-state index is 13.4. The van der Waals surface area contributed by atoms with Crippen molar-refractivity contribution >= 4 is 17.6 Å². The first kappa shape index (κ1) is 25.2. The third-order valence-electron chi connectivity index (χ3n) is 6.09. The lowest BCUT2D eigenvalue weighted by Gasteiger charge is -2.34. The van der Waals surface area contributed by atoms with Crippen LogP contribution in [0, 0.1) is 17.0 Å². The van der Waals surface area contributed by atoms with Gasteiger partial charge in [-0.25, -0.2) is 13.8 Å². The molecule has 1 aliphatic rings. The van der Waals surface area contributed by atoms with Crippen molar-refractivity contribution in [2.75, 3.05) is 11.9 Å². The van der Waals surface area contributed by atoms with E-state index in [1.54, 1.807) is 19.1 Å². The predicted molar refractivity (Wildman–Crippen MR) is 123 cm³/mol. The molecule has 0 saturated heterocycles. The van der Waals surface area contributed by atoms with Crippen molar-refractivity contribution < 1.29 is 32.3 Å². The van der Waals surface area contributed by atoms with Crippen LogP contribution in [0.3, 0.4) is 0 Å². The van der Waals surface area contributed by atoms with Crippen molar-refractivity contribution in [1.29, 1.82) is 0 Å². The molecule has 4 rings (SSSR count). The Labute approximate surface area is 206 Å². The molecule has 1 saturated carbocycles. The van der Waals surface area contributed by atoms with E-state index >= 15 is 0 Å². The third-order valence-corrected chi connectivity index (χ3v) is 6.09. The topological polar surface area (TPSA) is 116 Å². The van der Waals surface area contributed by atoms with Gasteiger partial charge in [-0.05, 0) is 63.3 Å². The van der Waals surface area contributed by atoms with Gasteiger partial charge in [0.25, 0.3) is 0 Å². The fourth-order valence-electron chi connectivity index (χ4n) is 3.98. The molecule has 9 nitrogen and oxygen atoms in total. The number of benzene rings is 1. The number of anilines is 1. The van der Waals surface area contributed by atoms with Crippen LogP contribution in [0.5, 0.6) is 5.88 Å². The minimum absolute atomic E-state index is 0.0468. The number of aromatic nitrogens is 3. The Kier molecular flexibility index (Phi) is 7.56. The van der Waals surface area contributed by atoms with Crippen molar-refractivity contribution in [2.24, 2.45) is 5.41 Å². The second-order valence-corrected chi connectivity index (χ2v) is 8.86. The number of amides is 1.